The van der Waals surface area contributed by atoms with Gasteiger partial charge in [0.1, 0.15) is 5.75 Å². The van der Waals surface area contributed by atoms with Crippen molar-refractivity contribution in [2.45, 2.75) is 44.6 Å². The first kappa shape index (κ1) is 21.6. The summed E-state index contributed by atoms with van der Waals surface area (Å²) in [4.78, 5) is 7.03. The molecule has 1 aliphatic carbocycles. The van der Waals surface area contributed by atoms with Crippen LogP contribution in [0.2, 0.25) is 0 Å². The molecule has 1 unspecified atom stereocenters. The van der Waals surface area contributed by atoms with E-state index < -0.39 is 0 Å². The second kappa shape index (κ2) is 10.1. The molecule has 1 aromatic heterocycles. The largest absolute Gasteiger partial charge is 0.497 e. The Kier molecular flexibility index (Phi) is 7.03. The van der Waals surface area contributed by atoms with Gasteiger partial charge in [0.25, 0.3) is 0 Å². The van der Waals surface area contributed by atoms with Crippen molar-refractivity contribution < 1.29 is 9.26 Å². The summed E-state index contributed by atoms with van der Waals surface area (Å²) < 4.78 is 10.8. The van der Waals surface area contributed by atoms with Crippen molar-refractivity contribution in [2.24, 2.45) is 11.8 Å². The third-order valence-corrected chi connectivity index (χ3v) is 6.53. The molecule has 3 aromatic rings. The van der Waals surface area contributed by atoms with Crippen molar-refractivity contribution in [3.8, 4) is 5.75 Å². The standard InChI is InChI=1S/C26H33N3O2/c1-29(2)26(21-7-5-4-6-8-21)22-13-9-20(10-14-22)18-25-27-24(28-31-25)17-19-11-15-23(30-3)16-12-19/h4-8,11-12,15-16,20,22,26H,9-10,13-14,17-18H2,1-3H3. The highest BCUT2D eigenvalue weighted by Crippen LogP contribution is 2.40. The van der Waals surface area contributed by atoms with Gasteiger partial charge in [-0.15, -0.1) is 0 Å². The molecule has 1 atom stereocenters. The van der Waals surface area contributed by atoms with Gasteiger partial charge in [-0.3, -0.25) is 0 Å². The quantitative estimate of drug-likeness (QED) is 0.494. The summed E-state index contributed by atoms with van der Waals surface area (Å²) in [6.07, 6.45) is 6.50. The molecular formula is C26H33N3O2. The maximum atomic E-state index is 5.57. The molecule has 5 nitrogen and oxygen atoms in total. The van der Waals surface area contributed by atoms with Crippen LogP contribution in [0.1, 0.15) is 54.6 Å². The van der Waals surface area contributed by atoms with Gasteiger partial charge in [0.2, 0.25) is 5.89 Å². The van der Waals surface area contributed by atoms with Crippen LogP contribution >= 0.6 is 0 Å². The van der Waals surface area contributed by atoms with Crippen molar-refractivity contribution >= 4 is 0 Å². The van der Waals surface area contributed by atoms with Gasteiger partial charge in [-0.1, -0.05) is 47.6 Å². The lowest BCUT2D eigenvalue weighted by atomic mass is 9.75. The maximum absolute atomic E-state index is 5.57. The second-order valence-electron chi connectivity index (χ2n) is 8.93. The Labute approximate surface area is 185 Å². The summed E-state index contributed by atoms with van der Waals surface area (Å²) >= 11 is 0. The molecule has 31 heavy (non-hydrogen) atoms. The van der Waals surface area contributed by atoms with Crippen LogP contribution in [0.15, 0.2) is 59.1 Å². The average molecular weight is 420 g/mol. The van der Waals surface area contributed by atoms with Gasteiger partial charge in [0, 0.05) is 18.9 Å². The maximum Gasteiger partial charge on any atom is 0.226 e. The van der Waals surface area contributed by atoms with Gasteiger partial charge in [0.15, 0.2) is 5.82 Å². The smallest absolute Gasteiger partial charge is 0.226 e. The normalized spacial score (nSPS) is 20.0. The van der Waals surface area contributed by atoms with Crippen molar-refractivity contribution in [1.29, 1.82) is 0 Å². The van der Waals surface area contributed by atoms with Gasteiger partial charge in [0.05, 0.1) is 7.11 Å². The minimum absolute atomic E-state index is 0.488. The number of hydrogen-bond donors (Lipinski definition) is 0. The monoisotopic (exact) mass is 419 g/mol. The van der Waals surface area contributed by atoms with Crippen molar-refractivity contribution in [3.05, 3.63) is 77.4 Å². The van der Waals surface area contributed by atoms with Crippen LogP contribution in [-0.2, 0) is 12.8 Å². The van der Waals surface area contributed by atoms with Crippen molar-refractivity contribution in [2.75, 3.05) is 21.2 Å². The molecule has 1 saturated carbocycles. The molecular weight excluding hydrogens is 386 g/mol. The number of nitrogens with zero attached hydrogens (tertiary/aromatic N) is 3. The van der Waals surface area contributed by atoms with Gasteiger partial charge in [-0.25, -0.2) is 0 Å². The topological polar surface area (TPSA) is 51.4 Å². The molecule has 1 heterocycles. The third kappa shape index (κ3) is 5.53. The Hall–Kier alpha value is -2.66. The Morgan fingerprint density at radius 2 is 1.71 bits per heavy atom. The molecule has 4 rings (SSSR count). The number of methoxy groups -OCH3 is 1. The highest BCUT2D eigenvalue weighted by molar-refractivity contribution is 5.28. The molecule has 0 aliphatic heterocycles. The van der Waals surface area contributed by atoms with Crippen LogP contribution in [0, 0.1) is 11.8 Å². The van der Waals surface area contributed by atoms with E-state index in [4.69, 9.17) is 9.26 Å². The molecule has 0 bridgehead atoms. The molecule has 0 spiro atoms. The predicted octanol–water partition coefficient (Wildman–Crippen LogP) is 5.32. The number of aromatic nitrogens is 2. The zero-order chi connectivity index (χ0) is 21.6. The zero-order valence-electron chi connectivity index (χ0n) is 18.8. The highest BCUT2D eigenvalue weighted by atomic mass is 16.5. The predicted molar refractivity (Wildman–Crippen MR) is 122 cm³/mol. The Morgan fingerprint density at radius 1 is 1.00 bits per heavy atom. The van der Waals surface area contributed by atoms with Crippen LogP contribution < -0.4 is 4.74 Å². The van der Waals surface area contributed by atoms with E-state index in [1.165, 1.54) is 31.2 Å². The first-order valence-corrected chi connectivity index (χ1v) is 11.3. The average Bonchev–Trinajstić information content (AvgIpc) is 3.23. The van der Waals surface area contributed by atoms with Gasteiger partial charge < -0.3 is 14.2 Å². The molecule has 5 heteroatoms. The number of benzene rings is 2. The van der Waals surface area contributed by atoms with Crippen LogP contribution in [0.3, 0.4) is 0 Å². The minimum Gasteiger partial charge on any atom is -0.497 e. The van der Waals surface area contributed by atoms with E-state index in [0.717, 1.165) is 29.4 Å². The molecule has 0 saturated heterocycles. The fraction of sp³-hybridized carbons (Fsp3) is 0.462. The van der Waals surface area contributed by atoms with Crippen LogP contribution in [0.5, 0.6) is 5.75 Å². The summed E-state index contributed by atoms with van der Waals surface area (Å²) in [5.41, 5.74) is 2.58. The Balaban J connectivity index is 1.31. The molecule has 1 fully saturated rings. The Morgan fingerprint density at radius 3 is 2.35 bits per heavy atom. The Bertz CT molecular complexity index is 929. The van der Waals surface area contributed by atoms with E-state index in [0.29, 0.717) is 24.3 Å². The van der Waals surface area contributed by atoms with E-state index in [1.807, 2.05) is 24.3 Å². The minimum atomic E-state index is 0.488. The lowest BCUT2D eigenvalue weighted by molar-refractivity contribution is 0.146. The fourth-order valence-electron chi connectivity index (χ4n) is 4.97. The highest BCUT2D eigenvalue weighted by Gasteiger charge is 2.30. The van der Waals surface area contributed by atoms with Crippen molar-refractivity contribution in [3.63, 3.8) is 0 Å². The van der Waals surface area contributed by atoms with E-state index in [1.54, 1.807) is 7.11 Å². The van der Waals surface area contributed by atoms with Gasteiger partial charge >= 0.3 is 0 Å². The first-order chi connectivity index (χ1) is 15.1. The van der Waals surface area contributed by atoms with Crippen LogP contribution in [-0.4, -0.2) is 36.2 Å². The zero-order valence-corrected chi connectivity index (χ0v) is 18.8. The lowest BCUT2D eigenvalue weighted by Gasteiger charge is -2.37. The van der Waals surface area contributed by atoms with Crippen LogP contribution in [0.25, 0.3) is 0 Å². The SMILES string of the molecule is COc1ccc(Cc2noc(CC3CCC(C(c4ccccc4)N(C)C)CC3)n2)cc1. The van der Waals surface area contributed by atoms with E-state index in [9.17, 15) is 0 Å². The van der Waals surface area contributed by atoms with Gasteiger partial charge in [-0.05, 0) is 74.9 Å². The van der Waals surface area contributed by atoms with Crippen LogP contribution in [0.4, 0.5) is 0 Å². The summed E-state index contributed by atoms with van der Waals surface area (Å²) in [7, 11) is 6.08. The number of ether oxygens (including phenoxy) is 1. The van der Waals surface area contributed by atoms with E-state index >= 15 is 0 Å². The summed E-state index contributed by atoms with van der Waals surface area (Å²) in [5.74, 6) is 3.72. The summed E-state index contributed by atoms with van der Waals surface area (Å²) in [5, 5.41) is 4.20. The number of hydrogen-bond acceptors (Lipinski definition) is 5. The molecule has 164 valence electrons. The van der Waals surface area contributed by atoms with E-state index in [2.05, 4.69) is 59.5 Å². The van der Waals surface area contributed by atoms with E-state index in [-0.39, 0.29) is 0 Å². The molecule has 1 aliphatic rings. The fourth-order valence-corrected chi connectivity index (χ4v) is 4.97. The summed E-state index contributed by atoms with van der Waals surface area (Å²) in [6.45, 7) is 0. The van der Waals surface area contributed by atoms with Crippen molar-refractivity contribution in [1.82, 2.24) is 15.0 Å². The molecule has 0 amide bonds. The summed E-state index contributed by atoms with van der Waals surface area (Å²) in [6, 6.07) is 19.4. The third-order valence-electron chi connectivity index (χ3n) is 6.53. The molecule has 2 aromatic carbocycles. The van der Waals surface area contributed by atoms with Gasteiger partial charge in [-0.2, -0.15) is 4.98 Å². The molecule has 0 radical (unpaired) electrons. The lowest BCUT2D eigenvalue weighted by Crippen LogP contribution is -2.30. The first-order valence-electron chi connectivity index (χ1n) is 11.3. The number of rotatable bonds is 8. The second-order valence-corrected chi connectivity index (χ2v) is 8.93. The molecule has 0 N–H and O–H groups in total.